The lowest BCUT2D eigenvalue weighted by Crippen LogP contribution is -2.42. The Morgan fingerprint density at radius 2 is 1.85 bits per heavy atom. The highest BCUT2D eigenvalue weighted by atomic mass is 35.5. The van der Waals surface area contributed by atoms with Crippen LogP contribution in [-0.4, -0.2) is 44.4 Å². The molecule has 0 aliphatic carbocycles. The molecular formula is C26H31ClN4O3. The monoisotopic (exact) mass is 482 g/mol. The molecule has 34 heavy (non-hydrogen) atoms. The summed E-state index contributed by atoms with van der Waals surface area (Å²) in [5.74, 6) is 0.670. The minimum absolute atomic E-state index is 0.205. The predicted octanol–water partition coefficient (Wildman–Crippen LogP) is 6.31. The first-order valence-corrected chi connectivity index (χ1v) is 12.0. The lowest BCUT2D eigenvalue weighted by Gasteiger charge is -2.33. The van der Waals surface area contributed by atoms with E-state index in [1.165, 1.54) is 0 Å². The van der Waals surface area contributed by atoms with E-state index >= 15 is 0 Å². The standard InChI is InChI=1S/C26H31ClN4O3/c1-18(23-7-5-6-8-24(23)27)33-22-13-19(14-28-16-22)20-15-29-31(17-20)21-9-11-30(12-10-21)25(32)34-26(2,3)4/h5-8,13-18,21H,9-12H2,1-4H3/t18-/m0/s1. The van der Waals surface area contributed by atoms with Gasteiger partial charge in [0.15, 0.2) is 0 Å². The van der Waals surface area contributed by atoms with Crippen LogP contribution in [0.25, 0.3) is 11.1 Å². The Morgan fingerprint density at radius 3 is 2.56 bits per heavy atom. The van der Waals surface area contributed by atoms with Crippen molar-refractivity contribution in [1.29, 1.82) is 0 Å². The number of hydrogen-bond acceptors (Lipinski definition) is 5. The molecule has 8 heteroatoms. The number of amides is 1. The van der Waals surface area contributed by atoms with E-state index in [4.69, 9.17) is 21.1 Å². The number of likely N-dealkylation sites (tertiary alicyclic amines) is 1. The van der Waals surface area contributed by atoms with Crippen molar-refractivity contribution in [2.45, 2.75) is 58.3 Å². The van der Waals surface area contributed by atoms with Crippen LogP contribution in [0, 0.1) is 0 Å². The summed E-state index contributed by atoms with van der Waals surface area (Å²) in [7, 11) is 0. The van der Waals surface area contributed by atoms with Gasteiger partial charge in [-0.3, -0.25) is 9.67 Å². The maximum Gasteiger partial charge on any atom is 0.410 e. The van der Waals surface area contributed by atoms with Crippen LogP contribution in [0.2, 0.25) is 5.02 Å². The van der Waals surface area contributed by atoms with Crippen molar-refractivity contribution in [3.63, 3.8) is 0 Å². The molecule has 1 saturated heterocycles. The maximum atomic E-state index is 12.3. The summed E-state index contributed by atoms with van der Waals surface area (Å²) in [6.45, 7) is 8.93. The van der Waals surface area contributed by atoms with E-state index in [1.807, 2.05) is 75.1 Å². The third-order valence-electron chi connectivity index (χ3n) is 5.79. The first kappa shape index (κ1) is 24.1. The summed E-state index contributed by atoms with van der Waals surface area (Å²) in [5.41, 5.74) is 2.35. The first-order valence-electron chi connectivity index (χ1n) is 11.6. The number of ether oxygens (including phenoxy) is 2. The Balaban J connectivity index is 1.39. The largest absolute Gasteiger partial charge is 0.484 e. The number of carbonyl (C=O) groups excluding carboxylic acids is 1. The molecule has 4 rings (SSSR count). The highest BCUT2D eigenvalue weighted by molar-refractivity contribution is 6.31. The van der Waals surface area contributed by atoms with E-state index in [2.05, 4.69) is 10.1 Å². The van der Waals surface area contributed by atoms with Crippen LogP contribution in [0.4, 0.5) is 4.79 Å². The lowest BCUT2D eigenvalue weighted by atomic mass is 10.1. The van der Waals surface area contributed by atoms with Gasteiger partial charge in [0.25, 0.3) is 0 Å². The van der Waals surface area contributed by atoms with Crippen LogP contribution in [0.1, 0.15) is 58.2 Å². The van der Waals surface area contributed by atoms with E-state index in [9.17, 15) is 4.79 Å². The van der Waals surface area contributed by atoms with E-state index in [0.717, 1.165) is 29.5 Å². The van der Waals surface area contributed by atoms with Gasteiger partial charge in [-0.25, -0.2) is 4.79 Å². The molecule has 180 valence electrons. The van der Waals surface area contributed by atoms with Crippen LogP contribution in [0.15, 0.2) is 55.1 Å². The highest BCUT2D eigenvalue weighted by Crippen LogP contribution is 2.30. The summed E-state index contributed by atoms with van der Waals surface area (Å²) in [6.07, 6.45) is 8.59. The molecule has 0 radical (unpaired) electrons. The normalized spacial score (nSPS) is 15.7. The van der Waals surface area contributed by atoms with Gasteiger partial charge in [0, 0.05) is 47.2 Å². The molecule has 1 atom stereocenters. The minimum Gasteiger partial charge on any atom is -0.484 e. The van der Waals surface area contributed by atoms with E-state index < -0.39 is 5.60 Å². The number of piperidine rings is 1. The van der Waals surface area contributed by atoms with Crippen molar-refractivity contribution in [3.8, 4) is 16.9 Å². The summed E-state index contributed by atoms with van der Waals surface area (Å²) in [6, 6.07) is 9.87. The van der Waals surface area contributed by atoms with Crippen molar-refractivity contribution in [1.82, 2.24) is 19.7 Å². The Morgan fingerprint density at radius 1 is 1.12 bits per heavy atom. The summed E-state index contributed by atoms with van der Waals surface area (Å²) < 4.78 is 13.6. The number of nitrogens with zero attached hydrogens (tertiary/aromatic N) is 4. The quantitative estimate of drug-likeness (QED) is 0.426. The number of hydrogen-bond donors (Lipinski definition) is 0. The maximum absolute atomic E-state index is 12.3. The fraction of sp³-hybridized carbons (Fsp3) is 0.423. The van der Waals surface area contributed by atoms with Crippen LogP contribution in [0.3, 0.4) is 0 Å². The summed E-state index contributed by atoms with van der Waals surface area (Å²) >= 11 is 6.31. The lowest BCUT2D eigenvalue weighted by molar-refractivity contribution is 0.0185. The van der Waals surface area contributed by atoms with Crippen molar-refractivity contribution < 1.29 is 14.3 Å². The molecule has 7 nitrogen and oxygen atoms in total. The number of halogens is 1. The topological polar surface area (TPSA) is 69.5 Å². The second-order valence-electron chi connectivity index (χ2n) is 9.60. The minimum atomic E-state index is -0.484. The SMILES string of the molecule is C[C@H](Oc1cncc(-c2cnn(C3CCN(C(=O)OC(C)(C)C)CC3)c2)c1)c1ccccc1Cl. The van der Waals surface area contributed by atoms with Gasteiger partial charge in [-0.2, -0.15) is 5.10 Å². The van der Waals surface area contributed by atoms with Gasteiger partial charge in [-0.1, -0.05) is 29.8 Å². The Labute approximate surface area is 205 Å². The van der Waals surface area contributed by atoms with Crippen LogP contribution >= 0.6 is 11.6 Å². The second-order valence-corrected chi connectivity index (χ2v) is 10.0. The van der Waals surface area contributed by atoms with E-state index in [1.54, 1.807) is 17.3 Å². The van der Waals surface area contributed by atoms with Crippen molar-refractivity contribution in [3.05, 3.63) is 65.7 Å². The van der Waals surface area contributed by atoms with Crippen molar-refractivity contribution in [2.24, 2.45) is 0 Å². The van der Waals surface area contributed by atoms with Crippen LogP contribution < -0.4 is 4.74 Å². The fourth-order valence-electron chi connectivity index (χ4n) is 4.04. The molecule has 0 unspecified atom stereocenters. The molecule has 0 N–H and O–H groups in total. The molecule has 1 amide bonds. The van der Waals surface area contributed by atoms with Crippen molar-refractivity contribution in [2.75, 3.05) is 13.1 Å². The zero-order chi connectivity index (χ0) is 24.3. The Hall–Kier alpha value is -3.06. The highest BCUT2D eigenvalue weighted by Gasteiger charge is 2.28. The molecule has 0 spiro atoms. The molecular weight excluding hydrogens is 452 g/mol. The first-order chi connectivity index (χ1) is 16.2. The van der Waals surface area contributed by atoms with Crippen molar-refractivity contribution >= 4 is 17.7 Å². The number of pyridine rings is 1. The number of rotatable bonds is 5. The van der Waals surface area contributed by atoms with Crippen LogP contribution in [-0.2, 0) is 4.74 Å². The molecule has 1 aromatic carbocycles. The molecule has 3 aromatic rings. The molecule has 2 aromatic heterocycles. The zero-order valence-electron chi connectivity index (χ0n) is 20.1. The van der Waals surface area contributed by atoms with Gasteiger partial charge in [0.2, 0.25) is 0 Å². The van der Waals surface area contributed by atoms with Gasteiger partial charge >= 0.3 is 6.09 Å². The molecule has 0 bridgehead atoms. The average molecular weight is 483 g/mol. The third kappa shape index (κ3) is 5.89. The molecule has 1 aliphatic rings. The molecule has 3 heterocycles. The predicted molar refractivity (Wildman–Crippen MR) is 132 cm³/mol. The fourth-order valence-corrected chi connectivity index (χ4v) is 4.33. The molecule has 0 saturated carbocycles. The van der Waals surface area contributed by atoms with Gasteiger partial charge in [-0.05, 0) is 52.7 Å². The summed E-state index contributed by atoms with van der Waals surface area (Å²) in [5, 5.41) is 5.27. The number of benzene rings is 1. The van der Waals surface area contributed by atoms with Gasteiger partial charge < -0.3 is 14.4 Å². The van der Waals surface area contributed by atoms with Gasteiger partial charge in [-0.15, -0.1) is 0 Å². The number of carbonyl (C=O) groups is 1. The molecule has 1 fully saturated rings. The average Bonchev–Trinajstić information content (AvgIpc) is 3.29. The third-order valence-corrected chi connectivity index (χ3v) is 6.14. The summed E-state index contributed by atoms with van der Waals surface area (Å²) in [4.78, 5) is 18.5. The van der Waals surface area contributed by atoms with Gasteiger partial charge in [0.1, 0.15) is 17.5 Å². The molecule has 1 aliphatic heterocycles. The van der Waals surface area contributed by atoms with E-state index in [0.29, 0.717) is 23.9 Å². The zero-order valence-corrected chi connectivity index (χ0v) is 20.8. The van der Waals surface area contributed by atoms with Gasteiger partial charge in [0.05, 0.1) is 18.4 Å². The second kappa shape index (κ2) is 10.1. The Bertz CT molecular complexity index is 1130. The Kier molecular flexibility index (Phi) is 7.12. The smallest absolute Gasteiger partial charge is 0.410 e. The number of aromatic nitrogens is 3. The van der Waals surface area contributed by atoms with Crippen LogP contribution in [0.5, 0.6) is 5.75 Å². The van der Waals surface area contributed by atoms with E-state index in [-0.39, 0.29) is 18.2 Å².